The zero-order chi connectivity index (χ0) is 17.8. The third kappa shape index (κ3) is 4.25. The summed E-state index contributed by atoms with van der Waals surface area (Å²) in [6, 6.07) is 12.1. The Kier molecular flexibility index (Phi) is 5.15. The molecule has 1 aliphatic carbocycles. The van der Waals surface area contributed by atoms with E-state index in [0.29, 0.717) is 29.9 Å². The Bertz CT molecular complexity index is 771. The molecule has 0 saturated heterocycles. The summed E-state index contributed by atoms with van der Waals surface area (Å²) in [5, 5.41) is 16.5. The summed E-state index contributed by atoms with van der Waals surface area (Å²) in [6.07, 6.45) is 3.80. The molecular formula is C19H23N5O. The number of nitriles is 1. The van der Waals surface area contributed by atoms with Crippen molar-refractivity contribution >= 4 is 11.7 Å². The van der Waals surface area contributed by atoms with Crippen LogP contribution >= 0.6 is 0 Å². The fraction of sp³-hybridized carbons (Fsp3) is 0.421. The molecule has 1 aromatic carbocycles. The second kappa shape index (κ2) is 7.49. The van der Waals surface area contributed by atoms with Crippen molar-refractivity contribution in [2.75, 3.05) is 18.4 Å². The minimum absolute atomic E-state index is 0.110. The van der Waals surface area contributed by atoms with Crippen LogP contribution in [0.25, 0.3) is 5.69 Å². The van der Waals surface area contributed by atoms with Crippen LogP contribution in [-0.4, -0.2) is 39.7 Å². The molecule has 0 unspecified atom stereocenters. The molecule has 6 heteroatoms. The van der Waals surface area contributed by atoms with E-state index in [1.165, 1.54) is 6.20 Å². The number of aromatic nitrogens is 2. The van der Waals surface area contributed by atoms with Gasteiger partial charge >= 0.3 is 0 Å². The molecule has 0 bridgehead atoms. The van der Waals surface area contributed by atoms with E-state index < -0.39 is 0 Å². The maximum absolute atomic E-state index is 12.6. The third-order valence-electron chi connectivity index (χ3n) is 4.16. The van der Waals surface area contributed by atoms with Crippen LogP contribution in [0.2, 0.25) is 0 Å². The molecule has 1 amide bonds. The van der Waals surface area contributed by atoms with E-state index in [1.807, 2.05) is 30.3 Å². The molecule has 1 heterocycles. The fourth-order valence-corrected chi connectivity index (χ4v) is 2.92. The van der Waals surface area contributed by atoms with Crippen LogP contribution in [0.15, 0.2) is 36.5 Å². The van der Waals surface area contributed by atoms with Crippen molar-refractivity contribution in [3.63, 3.8) is 0 Å². The summed E-state index contributed by atoms with van der Waals surface area (Å²) >= 11 is 0. The van der Waals surface area contributed by atoms with Crippen LogP contribution in [0.5, 0.6) is 0 Å². The SMILES string of the molecule is CC(C)CN(CC(=O)Nc1c(C#N)cnn1-c1ccccc1)C1CC1. The molecule has 2 aromatic rings. The van der Waals surface area contributed by atoms with Crippen molar-refractivity contribution in [1.29, 1.82) is 5.26 Å². The topological polar surface area (TPSA) is 74.0 Å². The van der Waals surface area contributed by atoms with Gasteiger partial charge in [-0.3, -0.25) is 9.69 Å². The highest BCUT2D eigenvalue weighted by atomic mass is 16.2. The van der Waals surface area contributed by atoms with Crippen LogP contribution in [-0.2, 0) is 4.79 Å². The lowest BCUT2D eigenvalue weighted by Crippen LogP contribution is -2.37. The van der Waals surface area contributed by atoms with Gasteiger partial charge in [-0.2, -0.15) is 10.4 Å². The van der Waals surface area contributed by atoms with Gasteiger partial charge in [0.25, 0.3) is 0 Å². The molecule has 0 radical (unpaired) electrons. The summed E-state index contributed by atoms with van der Waals surface area (Å²) in [7, 11) is 0. The quantitative estimate of drug-likeness (QED) is 0.843. The van der Waals surface area contributed by atoms with Crippen LogP contribution in [0.3, 0.4) is 0 Å². The Balaban J connectivity index is 1.76. The Labute approximate surface area is 148 Å². The van der Waals surface area contributed by atoms with E-state index in [0.717, 1.165) is 25.1 Å². The molecule has 6 nitrogen and oxygen atoms in total. The van der Waals surface area contributed by atoms with Crippen molar-refractivity contribution in [2.24, 2.45) is 5.92 Å². The Hall–Kier alpha value is -2.65. The summed E-state index contributed by atoms with van der Waals surface area (Å²) < 4.78 is 1.60. The first-order chi connectivity index (χ1) is 12.1. The van der Waals surface area contributed by atoms with Crippen LogP contribution in [0, 0.1) is 17.2 Å². The maximum atomic E-state index is 12.6. The molecule has 1 aliphatic rings. The van der Waals surface area contributed by atoms with Gasteiger partial charge in [-0.05, 0) is 30.9 Å². The lowest BCUT2D eigenvalue weighted by atomic mass is 10.2. The number of hydrogen-bond donors (Lipinski definition) is 1. The maximum Gasteiger partial charge on any atom is 0.239 e. The van der Waals surface area contributed by atoms with Gasteiger partial charge < -0.3 is 5.32 Å². The molecule has 1 aromatic heterocycles. The number of amides is 1. The number of carbonyl (C=O) groups excluding carboxylic acids is 1. The first kappa shape index (κ1) is 17.2. The van der Waals surface area contributed by atoms with Crippen molar-refractivity contribution in [1.82, 2.24) is 14.7 Å². The predicted octanol–water partition coefficient (Wildman–Crippen LogP) is 2.80. The van der Waals surface area contributed by atoms with E-state index in [1.54, 1.807) is 4.68 Å². The number of hydrogen-bond acceptors (Lipinski definition) is 4. The van der Waals surface area contributed by atoms with Crippen LogP contribution in [0.4, 0.5) is 5.82 Å². The molecular weight excluding hydrogens is 314 g/mol. The number of para-hydroxylation sites is 1. The summed E-state index contributed by atoms with van der Waals surface area (Å²) in [6.45, 7) is 5.56. The normalized spacial score (nSPS) is 13.9. The van der Waals surface area contributed by atoms with E-state index in [2.05, 4.69) is 35.2 Å². The van der Waals surface area contributed by atoms with Crippen molar-refractivity contribution in [3.8, 4) is 11.8 Å². The Morgan fingerprint density at radius 2 is 2.12 bits per heavy atom. The Morgan fingerprint density at radius 1 is 1.40 bits per heavy atom. The molecule has 0 atom stereocenters. The molecule has 25 heavy (non-hydrogen) atoms. The average molecular weight is 337 g/mol. The minimum Gasteiger partial charge on any atom is -0.308 e. The summed E-state index contributed by atoms with van der Waals surface area (Å²) in [5.41, 5.74) is 1.17. The smallest absolute Gasteiger partial charge is 0.239 e. The molecule has 1 N–H and O–H groups in total. The van der Waals surface area contributed by atoms with E-state index in [-0.39, 0.29) is 5.91 Å². The van der Waals surface area contributed by atoms with Gasteiger partial charge in [0.05, 0.1) is 18.4 Å². The first-order valence-corrected chi connectivity index (χ1v) is 8.66. The fourth-order valence-electron chi connectivity index (χ4n) is 2.92. The van der Waals surface area contributed by atoms with Gasteiger partial charge in [0.15, 0.2) is 5.82 Å². The number of carbonyl (C=O) groups is 1. The lowest BCUT2D eigenvalue weighted by Gasteiger charge is -2.23. The lowest BCUT2D eigenvalue weighted by molar-refractivity contribution is -0.117. The second-order valence-corrected chi connectivity index (χ2v) is 6.87. The molecule has 130 valence electrons. The molecule has 1 fully saturated rings. The van der Waals surface area contributed by atoms with Crippen LogP contribution < -0.4 is 5.32 Å². The number of rotatable bonds is 7. The highest BCUT2D eigenvalue weighted by Gasteiger charge is 2.30. The summed E-state index contributed by atoms with van der Waals surface area (Å²) in [5.74, 6) is 0.832. The highest BCUT2D eigenvalue weighted by molar-refractivity contribution is 5.93. The summed E-state index contributed by atoms with van der Waals surface area (Å²) in [4.78, 5) is 14.8. The molecule has 1 saturated carbocycles. The average Bonchev–Trinajstić information content (AvgIpc) is 3.36. The van der Waals surface area contributed by atoms with E-state index in [4.69, 9.17) is 0 Å². The first-order valence-electron chi connectivity index (χ1n) is 8.66. The number of benzene rings is 1. The van der Waals surface area contributed by atoms with Gasteiger partial charge in [0.1, 0.15) is 11.6 Å². The van der Waals surface area contributed by atoms with Gasteiger partial charge in [-0.1, -0.05) is 32.0 Å². The van der Waals surface area contributed by atoms with E-state index >= 15 is 0 Å². The van der Waals surface area contributed by atoms with Gasteiger partial charge in [0.2, 0.25) is 5.91 Å². The highest BCUT2D eigenvalue weighted by Crippen LogP contribution is 2.27. The van der Waals surface area contributed by atoms with Crippen molar-refractivity contribution in [2.45, 2.75) is 32.7 Å². The monoisotopic (exact) mass is 337 g/mol. The second-order valence-electron chi connectivity index (χ2n) is 6.87. The molecule has 3 rings (SSSR count). The Morgan fingerprint density at radius 3 is 2.72 bits per heavy atom. The predicted molar refractivity (Wildman–Crippen MR) is 96.3 cm³/mol. The van der Waals surface area contributed by atoms with Gasteiger partial charge in [0, 0.05) is 12.6 Å². The van der Waals surface area contributed by atoms with Crippen molar-refractivity contribution in [3.05, 3.63) is 42.1 Å². The number of nitrogens with zero attached hydrogens (tertiary/aromatic N) is 4. The van der Waals surface area contributed by atoms with Crippen molar-refractivity contribution < 1.29 is 4.79 Å². The zero-order valence-electron chi connectivity index (χ0n) is 14.6. The van der Waals surface area contributed by atoms with Gasteiger partial charge in [-0.15, -0.1) is 0 Å². The molecule has 0 aliphatic heterocycles. The number of anilines is 1. The largest absolute Gasteiger partial charge is 0.308 e. The van der Waals surface area contributed by atoms with Crippen LogP contribution in [0.1, 0.15) is 32.3 Å². The minimum atomic E-state index is -0.110. The standard InChI is InChI=1S/C19H23N5O/c1-14(2)12-23(16-8-9-16)13-18(25)22-19-15(10-20)11-21-24(19)17-6-4-3-5-7-17/h3-7,11,14,16H,8-9,12-13H2,1-2H3,(H,22,25). The van der Waals surface area contributed by atoms with E-state index in [9.17, 15) is 10.1 Å². The van der Waals surface area contributed by atoms with Gasteiger partial charge in [-0.25, -0.2) is 4.68 Å². The molecule has 0 spiro atoms. The third-order valence-corrected chi connectivity index (χ3v) is 4.16. The number of nitrogens with one attached hydrogen (secondary N) is 1. The zero-order valence-corrected chi connectivity index (χ0v) is 14.6.